The molecule has 2 saturated heterocycles. The van der Waals surface area contributed by atoms with Crippen LogP contribution >= 0.6 is 0 Å². The fourth-order valence-electron chi connectivity index (χ4n) is 3.94. The molecule has 2 aliphatic rings. The summed E-state index contributed by atoms with van der Waals surface area (Å²) < 4.78 is 19.4. The number of hydrogen-bond acceptors (Lipinski definition) is 6. The highest BCUT2D eigenvalue weighted by Crippen LogP contribution is 2.36. The molecule has 0 atom stereocenters. The molecule has 2 aliphatic heterocycles. The summed E-state index contributed by atoms with van der Waals surface area (Å²) in [6, 6.07) is 7.33. The molecule has 9 nitrogen and oxygen atoms in total. The second-order valence-corrected chi connectivity index (χ2v) is 11.1. The molecule has 2 aromatic rings. The number of amides is 2. The lowest BCUT2D eigenvalue weighted by molar-refractivity contribution is 0.00578. The van der Waals surface area contributed by atoms with Crippen LogP contribution in [0.1, 0.15) is 58.8 Å². The van der Waals surface area contributed by atoms with Crippen molar-refractivity contribution in [3.05, 3.63) is 42.2 Å². The van der Waals surface area contributed by atoms with Crippen molar-refractivity contribution < 1.29 is 23.6 Å². The monoisotopic (exact) mass is 482 g/mol. The lowest BCUT2D eigenvalue weighted by atomic mass is 9.82. The number of nitrogens with zero attached hydrogens (tertiary/aromatic N) is 4. The van der Waals surface area contributed by atoms with Crippen LogP contribution in [0.2, 0.25) is 0 Å². The van der Waals surface area contributed by atoms with Gasteiger partial charge >= 0.3 is 13.2 Å². The van der Waals surface area contributed by atoms with Gasteiger partial charge < -0.3 is 23.8 Å². The van der Waals surface area contributed by atoms with Crippen molar-refractivity contribution in [3.63, 3.8) is 0 Å². The maximum atomic E-state index is 13.0. The summed E-state index contributed by atoms with van der Waals surface area (Å²) in [4.78, 5) is 28.7. The number of aromatic nitrogens is 2. The first-order chi connectivity index (χ1) is 16.3. The maximum Gasteiger partial charge on any atom is 0.498 e. The summed E-state index contributed by atoms with van der Waals surface area (Å²) in [5.74, 6) is -0.0567. The van der Waals surface area contributed by atoms with Crippen LogP contribution < -0.4 is 5.46 Å². The predicted octanol–water partition coefficient (Wildman–Crippen LogP) is 2.86. The second kappa shape index (κ2) is 8.98. The molecule has 4 rings (SSSR count). The van der Waals surface area contributed by atoms with Gasteiger partial charge in [0.25, 0.3) is 5.91 Å². The number of ether oxygens (including phenoxy) is 1. The summed E-state index contributed by atoms with van der Waals surface area (Å²) in [7, 11) is -0.478. The number of carbonyl (C=O) groups excluding carboxylic acids is 2. The molecule has 2 amide bonds. The molecule has 1 aromatic heterocycles. The minimum atomic E-state index is -0.536. The van der Waals surface area contributed by atoms with E-state index >= 15 is 0 Å². The van der Waals surface area contributed by atoms with Crippen LogP contribution in [0.15, 0.2) is 36.7 Å². The first-order valence-corrected chi connectivity index (χ1v) is 12.0. The summed E-state index contributed by atoms with van der Waals surface area (Å²) in [5.41, 5.74) is 0.898. The SMILES string of the molecule is CC(C)(C)OC(=O)N1CCN(C(=O)c2ccc(-n3cc(B4OC(C)(C)C(C)(C)O4)cn3)cc2)CC1. The Balaban J connectivity index is 1.36. The average Bonchev–Trinajstić information content (AvgIpc) is 3.35. The third-order valence-electron chi connectivity index (χ3n) is 6.73. The van der Waals surface area contributed by atoms with E-state index in [4.69, 9.17) is 14.0 Å². The smallest absolute Gasteiger partial charge is 0.444 e. The summed E-state index contributed by atoms with van der Waals surface area (Å²) >= 11 is 0. The van der Waals surface area contributed by atoms with E-state index in [0.717, 1.165) is 11.2 Å². The van der Waals surface area contributed by atoms with Crippen LogP contribution in [0, 0.1) is 0 Å². The lowest BCUT2D eigenvalue weighted by Crippen LogP contribution is -2.51. The zero-order valence-corrected chi connectivity index (χ0v) is 21.7. The van der Waals surface area contributed by atoms with Crippen LogP contribution in [0.3, 0.4) is 0 Å². The van der Waals surface area contributed by atoms with Crippen LogP contribution in [0.25, 0.3) is 5.69 Å². The van der Waals surface area contributed by atoms with Gasteiger partial charge in [0.1, 0.15) is 5.60 Å². The van der Waals surface area contributed by atoms with E-state index in [-0.39, 0.29) is 12.0 Å². The maximum absolute atomic E-state index is 13.0. The fourth-order valence-corrected chi connectivity index (χ4v) is 3.94. The van der Waals surface area contributed by atoms with Crippen molar-refractivity contribution in [2.75, 3.05) is 26.2 Å². The molecule has 0 spiro atoms. The molecule has 0 N–H and O–H groups in total. The molecule has 10 heteroatoms. The van der Waals surface area contributed by atoms with Crippen LogP contribution in [-0.2, 0) is 14.0 Å². The number of benzene rings is 1. The van der Waals surface area contributed by atoms with Crippen LogP contribution in [-0.4, -0.2) is 81.7 Å². The van der Waals surface area contributed by atoms with Crippen LogP contribution in [0.5, 0.6) is 0 Å². The third kappa shape index (κ3) is 5.38. The zero-order valence-electron chi connectivity index (χ0n) is 21.7. The van der Waals surface area contributed by atoms with E-state index in [1.165, 1.54) is 0 Å². The first kappa shape index (κ1) is 25.3. The largest absolute Gasteiger partial charge is 0.498 e. The van der Waals surface area contributed by atoms with Crippen molar-refractivity contribution in [1.29, 1.82) is 0 Å². The summed E-state index contributed by atoms with van der Waals surface area (Å²) in [6.07, 6.45) is 3.29. The molecule has 2 fully saturated rings. The molecule has 0 bridgehead atoms. The number of carbonyl (C=O) groups is 2. The lowest BCUT2D eigenvalue weighted by Gasteiger charge is -2.35. The quantitative estimate of drug-likeness (QED) is 0.626. The molecule has 1 aromatic carbocycles. The standard InChI is InChI=1S/C25H35BN4O5/c1-23(2,3)33-22(32)29-14-12-28(13-15-29)21(31)18-8-10-20(11-9-18)30-17-19(16-27-30)26-34-24(4,5)25(6,7)35-26/h8-11,16-17H,12-15H2,1-7H3. The van der Waals surface area contributed by atoms with Gasteiger partial charge in [0.05, 0.1) is 16.9 Å². The van der Waals surface area contributed by atoms with E-state index in [2.05, 4.69) is 5.10 Å². The Morgan fingerprint density at radius 2 is 1.49 bits per heavy atom. The Morgan fingerprint density at radius 3 is 2.03 bits per heavy atom. The van der Waals surface area contributed by atoms with Gasteiger partial charge in [0, 0.05) is 49.6 Å². The molecule has 3 heterocycles. The van der Waals surface area contributed by atoms with E-state index < -0.39 is 23.9 Å². The van der Waals surface area contributed by atoms with Crippen molar-refractivity contribution in [3.8, 4) is 5.69 Å². The summed E-state index contributed by atoms with van der Waals surface area (Å²) in [5, 5.41) is 4.45. The highest BCUT2D eigenvalue weighted by molar-refractivity contribution is 6.62. The molecule has 188 valence electrons. The van der Waals surface area contributed by atoms with E-state index in [0.29, 0.717) is 31.7 Å². The number of piperazine rings is 1. The second-order valence-electron chi connectivity index (χ2n) is 11.1. The normalized spacial score (nSPS) is 19.7. The minimum Gasteiger partial charge on any atom is -0.444 e. The molecule has 0 aliphatic carbocycles. The Labute approximate surface area is 207 Å². The molecular weight excluding hydrogens is 447 g/mol. The number of hydrogen-bond donors (Lipinski definition) is 0. The van der Waals surface area contributed by atoms with Crippen molar-refractivity contribution >= 4 is 24.6 Å². The van der Waals surface area contributed by atoms with E-state index in [9.17, 15) is 9.59 Å². The highest BCUT2D eigenvalue weighted by atomic mass is 16.7. The summed E-state index contributed by atoms with van der Waals surface area (Å²) in [6.45, 7) is 15.4. The zero-order chi connectivity index (χ0) is 25.6. The molecule has 0 unspecified atom stereocenters. The fraction of sp³-hybridized carbons (Fsp3) is 0.560. The molecule has 0 saturated carbocycles. The Hall–Kier alpha value is -2.85. The van der Waals surface area contributed by atoms with Gasteiger partial charge in [-0.05, 0) is 72.7 Å². The van der Waals surface area contributed by atoms with E-state index in [1.807, 2.05) is 66.8 Å². The van der Waals surface area contributed by atoms with Gasteiger partial charge in [0.2, 0.25) is 0 Å². The predicted molar refractivity (Wildman–Crippen MR) is 133 cm³/mol. The third-order valence-corrected chi connectivity index (χ3v) is 6.73. The number of rotatable bonds is 3. The van der Waals surface area contributed by atoms with Crippen molar-refractivity contribution in [2.45, 2.75) is 65.3 Å². The topological polar surface area (TPSA) is 86.1 Å². The highest BCUT2D eigenvalue weighted by Gasteiger charge is 2.52. The Morgan fingerprint density at radius 1 is 0.943 bits per heavy atom. The van der Waals surface area contributed by atoms with Gasteiger partial charge in [-0.25, -0.2) is 9.48 Å². The average molecular weight is 482 g/mol. The van der Waals surface area contributed by atoms with Crippen molar-refractivity contribution in [2.24, 2.45) is 0 Å². The Bertz CT molecular complexity index is 1070. The Kier molecular flexibility index (Phi) is 6.48. The van der Waals surface area contributed by atoms with E-state index in [1.54, 1.807) is 32.8 Å². The molecule has 35 heavy (non-hydrogen) atoms. The minimum absolute atomic E-state index is 0.0567. The first-order valence-electron chi connectivity index (χ1n) is 12.0. The van der Waals surface area contributed by atoms with Gasteiger partial charge in [-0.1, -0.05) is 0 Å². The molecular formula is C25H35BN4O5. The van der Waals surface area contributed by atoms with Gasteiger partial charge in [-0.2, -0.15) is 5.10 Å². The van der Waals surface area contributed by atoms with Crippen molar-refractivity contribution in [1.82, 2.24) is 19.6 Å². The van der Waals surface area contributed by atoms with Gasteiger partial charge in [0.15, 0.2) is 0 Å². The molecule has 0 radical (unpaired) electrons. The van der Waals surface area contributed by atoms with Gasteiger partial charge in [-0.3, -0.25) is 4.79 Å². The van der Waals surface area contributed by atoms with Crippen LogP contribution in [0.4, 0.5) is 4.79 Å². The van der Waals surface area contributed by atoms with Gasteiger partial charge in [-0.15, -0.1) is 0 Å².